The summed E-state index contributed by atoms with van der Waals surface area (Å²) in [6.07, 6.45) is 3.03. The molecule has 0 bridgehead atoms. The van der Waals surface area contributed by atoms with E-state index in [1.54, 1.807) is 10.6 Å². The number of fused-ring (bicyclic) bond motifs is 1. The third kappa shape index (κ3) is 4.99. The molecule has 3 heterocycles. The summed E-state index contributed by atoms with van der Waals surface area (Å²) in [5.74, 6) is 0.278. The highest BCUT2D eigenvalue weighted by molar-refractivity contribution is 6.04. The fourth-order valence-corrected chi connectivity index (χ4v) is 5.21. The minimum atomic E-state index is -1.18. The number of rotatable bonds is 9. The van der Waals surface area contributed by atoms with Crippen LogP contribution in [-0.2, 0) is 17.7 Å². The summed E-state index contributed by atoms with van der Waals surface area (Å²) in [5.41, 5.74) is 4.98. The lowest BCUT2D eigenvalue weighted by atomic mass is 9.96. The maximum Gasteiger partial charge on any atom is 0.304 e. The first-order chi connectivity index (χ1) is 20.5. The number of hydrogen-bond acceptors (Lipinski definition) is 8. The lowest BCUT2D eigenvalue weighted by molar-refractivity contribution is -0.0896. The minimum Gasteiger partial charge on any atom is -0.494 e. The molecule has 0 saturated carbocycles. The zero-order valence-electron chi connectivity index (χ0n) is 23.1. The van der Waals surface area contributed by atoms with Gasteiger partial charge in [-0.05, 0) is 41.7 Å². The number of nitrogens with one attached hydrogen (secondary N) is 1. The summed E-state index contributed by atoms with van der Waals surface area (Å²) in [4.78, 5) is 23.4. The summed E-state index contributed by atoms with van der Waals surface area (Å²) in [6, 6.07) is 20.0. The van der Waals surface area contributed by atoms with Gasteiger partial charge in [-0.25, -0.2) is 13.5 Å². The van der Waals surface area contributed by atoms with Gasteiger partial charge in [-0.1, -0.05) is 67.0 Å². The molecule has 0 fully saturated rings. The smallest absolute Gasteiger partial charge is 0.304 e. The van der Waals surface area contributed by atoms with Gasteiger partial charge in [0, 0.05) is 23.6 Å². The van der Waals surface area contributed by atoms with Gasteiger partial charge < -0.3 is 20.0 Å². The van der Waals surface area contributed by atoms with Crippen molar-refractivity contribution >= 4 is 11.6 Å². The number of benzene rings is 3. The molecule has 2 aromatic heterocycles. The first-order valence-corrected chi connectivity index (χ1v) is 13.7. The molecular formula is C31H29FN6O4. The molecule has 10 nitrogen and oxygen atoms in total. The van der Waals surface area contributed by atoms with E-state index < -0.39 is 12.2 Å². The number of aromatic nitrogens is 4. The van der Waals surface area contributed by atoms with E-state index in [0.29, 0.717) is 35.7 Å². The molecule has 1 atom stereocenters. The number of aliphatic hydroxyl groups is 1. The van der Waals surface area contributed by atoms with Gasteiger partial charge in [-0.15, -0.1) is 0 Å². The predicted octanol–water partition coefficient (Wildman–Crippen LogP) is 4.19. The van der Waals surface area contributed by atoms with Crippen LogP contribution in [0.2, 0.25) is 0 Å². The fraction of sp³-hybridized carbons (Fsp3) is 0.226. The Morgan fingerprint density at radius 2 is 1.88 bits per heavy atom. The molecule has 1 aliphatic heterocycles. The van der Waals surface area contributed by atoms with Crippen LogP contribution in [0.5, 0.6) is 5.75 Å². The van der Waals surface area contributed by atoms with Crippen molar-refractivity contribution in [3.8, 4) is 22.6 Å². The topological polar surface area (TPSA) is 115 Å². The molecule has 0 amide bonds. The fourth-order valence-electron chi connectivity index (χ4n) is 5.21. The third-order valence-electron chi connectivity index (χ3n) is 7.29. The van der Waals surface area contributed by atoms with Crippen molar-refractivity contribution in [2.45, 2.75) is 39.0 Å². The number of ether oxygens (including phenoxy) is 1. The number of aliphatic hydroxyl groups excluding tert-OH is 1. The quantitative estimate of drug-likeness (QED) is 0.274. The molecule has 0 radical (unpaired) electrons. The van der Waals surface area contributed by atoms with Crippen molar-refractivity contribution in [3.63, 3.8) is 0 Å². The number of oxime groups is 1. The average molecular weight is 569 g/mol. The molecule has 5 aromatic rings. The van der Waals surface area contributed by atoms with E-state index in [1.165, 1.54) is 30.1 Å². The Morgan fingerprint density at radius 1 is 1.10 bits per heavy atom. The Labute approximate surface area is 240 Å². The maximum atomic E-state index is 14.7. The number of nitrogens with zero attached hydrogens (tertiary/aromatic N) is 5. The lowest BCUT2D eigenvalue weighted by Crippen LogP contribution is -2.29. The van der Waals surface area contributed by atoms with Crippen molar-refractivity contribution in [1.29, 1.82) is 0 Å². The summed E-state index contributed by atoms with van der Waals surface area (Å²) in [6.45, 7) is 2.09. The van der Waals surface area contributed by atoms with Crippen LogP contribution in [0.3, 0.4) is 0 Å². The van der Waals surface area contributed by atoms with Gasteiger partial charge in [0.25, 0.3) is 5.56 Å². The second kappa shape index (κ2) is 11.5. The molecule has 1 aliphatic rings. The Hall–Kier alpha value is -5.03. The highest BCUT2D eigenvalue weighted by atomic mass is 19.1. The Balaban J connectivity index is 1.41. The molecule has 1 unspecified atom stereocenters. The lowest BCUT2D eigenvalue weighted by Gasteiger charge is -2.16. The zero-order valence-corrected chi connectivity index (χ0v) is 23.1. The maximum absolute atomic E-state index is 14.7. The minimum absolute atomic E-state index is 0.0882. The summed E-state index contributed by atoms with van der Waals surface area (Å²) in [7, 11) is 1.39. The van der Waals surface area contributed by atoms with Crippen LogP contribution in [0, 0.1) is 5.82 Å². The van der Waals surface area contributed by atoms with Gasteiger partial charge in [0.05, 0.1) is 18.5 Å². The third-order valence-corrected chi connectivity index (χ3v) is 7.29. The van der Waals surface area contributed by atoms with Crippen LogP contribution < -0.4 is 15.6 Å². The Morgan fingerprint density at radius 3 is 2.57 bits per heavy atom. The molecule has 2 N–H and O–H groups in total. The van der Waals surface area contributed by atoms with E-state index in [2.05, 4.69) is 27.5 Å². The zero-order chi connectivity index (χ0) is 29.2. The van der Waals surface area contributed by atoms with Crippen molar-refractivity contribution < 1.29 is 19.1 Å². The number of amidine groups is 1. The highest BCUT2D eigenvalue weighted by Gasteiger charge is 2.22. The van der Waals surface area contributed by atoms with Crippen molar-refractivity contribution in [2.75, 3.05) is 7.11 Å². The van der Waals surface area contributed by atoms with E-state index in [9.17, 15) is 14.3 Å². The first kappa shape index (κ1) is 27.2. The number of aryl methyl sites for hydroxylation is 1. The largest absolute Gasteiger partial charge is 0.494 e. The van der Waals surface area contributed by atoms with Gasteiger partial charge in [0.15, 0.2) is 17.4 Å². The predicted molar refractivity (Wildman–Crippen MR) is 155 cm³/mol. The highest BCUT2D eigenvalue weighted by Crippen LogP contribution is 2.27. The van der Waals surface area contributed by atoms with Crippen LogP contribution in [0.15, 0.2) is 83.0 Å². The van der Waals surface area contributed by atoms with Gasteiger partial charge >= 0.3 is 6.41 Å². The normalized spacial score (nSPS) is 14.5. The molecule has 0 saturated heterocycles. The molecule has 0 aliphatic carbocycles. The summed E-state index contributed by atoms with van der Waals surface area (Å²) >= 11 is 0. The van der Waals surface area contributed by atoms with Crippen molar-refractivity contribution in [3.05, 3.63) is 112 Å². The van der Waals surface area contributed by atoms with E-state index in [0.717, 1.165) is 40.8 Å². The average Bonchev–Trinajstić information content (AvgIpc) is 3.67. The summed E-state index contributed by atoms with van der Waals surface area (Å²) < 4.78 is 22.8. The molecule has 11 heteroatoms. The Bertz CT molecular complexity index is 1850. The van der Waals surface area contributed by atoms with E-state index in [-0.39, 0.29) is 11.3 Å². The second-order valence-electron chi connectivity index (χ2n) is 9.92. The van der Waals surface area contributed by atoms with Crippen molar-refractivity contribution in [1.82, 2.24) is 24.5 Å². The molecule has 3 aromatic carbocycles. The first-order valence-electron chi connectivity index (χ1n) is 13.7. The van der Waals surface area contributed by atoms with Crippen LogP contribution in [0.1, 0.15) is 42.1 Å². The SMILES string of the molecule is CCCCc1c(Cc2ccc(-c3ccccc3C3=NOC(O)N3)cc2)c(=O)n(-c2ccc(OC)c(F)c2)c2ncnn12. The molecule has 0 spiro atoms. The van der Waals surface area contributed by atoms with Gasteiger partial charge in [0.2, 0.25) is 5.78 Å². The van der Waals surface area contributed by atoms with E-state index >= 15 is 0 Å². The van der Waals surface area contributed by atoms with Gasteiger partial charge in [-0.3, -0.25) is 4.79 Å². The van der Waals surface area contributed by atoms with Gasteiger partial charge in [0.1, 0.15) is 6.33 Å². The van der Waals surface area contributed by atoms with Crippen LogP contribution in [0.25, 0.3) is 22.6 Å². The molecule has 214 valence electrons. The van der Waals surface area contributed by atoms with E-state index in [1.807, 2.05) is 48.5 Å². The van der Waals surface area contributed by atoms with Crippen molar-refractivity contribution in [2.24, 2.45) is 5.16 Å². The molecule has 6 rings (SSSR count). The molecular weight excluding hydrogens is 539 g/mol. The number of hydrogen-bond donors (Lipinski definition) is 2. The summed E-state index contributed by atoms with van der Waals surface area (Å²) in [5, 5.41) is 20.8. The number of unbranched alkanes of at least 4 members (excludes halogenated alkanes) is 1. The van der Waals surface area contributed by atoms with Crippen LogP contribution in [0.4, 0.5) is 4.39 Å². The van der Waals surface area contributed by atoms with E-state index in [4.69, 9.17) is 9.57 Å². The Kier molecular flexibility index (Phi) is 7.41. The number of methoxy groups -OCH3 is 1. The van der Waals surface area contributed by atoms with Crippen LogP contribution in [-0.4, -0.2) is 43.6 Å². The molecule has 42 heavy (non-hydrogen) atoms. The van der Waals surface area contributed by atoms with Gasteiger partial charge in [-0.2, -0.15) is 10.1 Å². The standard InChI is InChI=1S/C31H29FN6O4/c1-3-4-9-26-24(29(39)37(30-33-18-34-38(26)30)21-14-15-27(41-2)25(32)17-21)16-19-10-12-20(13-11-19)22-7-5-6-8-23(22)28-35-31(40)42-36-28/h5-8,10-15,17-18,31,40H,3-4,9,16H2,1-2H3,(H,35,36). The number of halogens is 1. The second-order valence-corrected chi connectivity index (χ2v) is 9.92. The van der Waals surface area contributed by atoms with Crippen LogP contribution >= 0.6 is 0 Å². The monoisotopic (exact) mass is 568 g/mol.